The molecule has 0 radical (unpaired) electrons. The van der Waals surface area contributed by atoms with E-state index in [4.69, 9.17) is 10.2 Å². The molecule has 0 aliphatic heterocycles. The highest BCUT2D eigenvalue weighted by atomic mass is 32.2. The number of nitrogens with zero attached hydrogens (tertiary/aromatic N) is 1. The van der Waals surface area contributed by atoms with Crippen LogP contribution in [0.15, 0.2) is 0 Å². The van der Waals surface area contributed by atoms with Crippen molar-refractivity contribution in [2.45, 2.75) is 13.3 Å². The molecule has 6 nitrogen and oxygen atoms in total. The van der Waals surface area contributed by atoms with Gasteiger partial charge in [0.25, 0.3) is 0 Å². The Morgan fingerprint density at radius 2 is 2.00 bits per heavy atom. The predicted molar refractivity (Wildman–Crippen MR) is 52.3 cm³/mol. The second-order valence-electron chi connectivity index (χ2n) is 2.94. The van der Waals surface area contributed by atoms with Gasteiger partial charge in [-0.1, -0.05) is 6.92 Å². The topological polar surface area (TPSA) is 101 Å². The number of carboxylic acid groups (broad SMARTS) is 1. The van der Waals surface area contributed by atoms with E-state index >= 15 is 0 Å². The number of hydrogen-bond donors (Lipinski definition) is 2. The van der Waals surface area contributed by atoms with E-state index in [0.717, 1.165) is 0 Å². The Morgan fingerprint density at radius 1 is 1.43 bits per heavy atom. The molecular weight excluding hydrogens is 208 g/mol. The van der Waals surface area contributed by atoms with E-state index in [1.807, 2.05) is 6.92 Å². The first-order valence-corrected chi connectivity index (χ1v) is 6.01. The third-order valence-electron chi connectivity index (χ3n) is 1.78. The summed E-state index contributed by atoms with van der Waals surface area (Å²) in [5.41, 5.74) is 0. The smallest absolute Gasteiger partial charge is 0.304 e. The van der Waals surface area contributed by atoms with Gasteiger partial charge in [-0.3, -0.25) is 4.79 Å². The number of carboxylic acids is 1. The number of rotatable bonds is 7. The van der Waals surface area contributed by atoms with Crippen LogP contribution in [0.2, 0.25) is 0 Å². The Kier molecular flexibility index (Phi) is 5.66. The van der Waals surface area contributed by atoms with Crippen LogP contribution in [0.5, 0.6) is 0 Å². The molecule has 0 aromatic rings. The average molecular weight is 224 g/mol. The van der Waals surface area contributed by atoms with Gasteiger partial charge in [0.1, 0.15) is 0 Å². The fraction of sp³-hybridized carbons (Fsp3) is 0.857. The number of aliphatic carboxylic acids is 1. The van der Waals surface area contributed by atoms with Gasteiger partial charge in [-0.2, -0.15) is 0 Å². The first-order valence-electron chi connectivity index (χ1n) is 4.29. The molecule has 7 heteroatoms. The summed E-state index contributed by atoms with van der Waals surface area (Å²) in [5, 5.41) is 13.2. The molecule has 0 heterocycles. The highest BCUT2D eigenvalue weighted by Gasteiger charge is 2.09. The van der Waals surface area contributed by atoms with Crippen molar-refractivity contribution in [2.75, 3.05) is 25.4 Å². The molecule has 0 saturated carbocycles. The minimum atomic E-state index is -3.46. The summed E-state index contributed by atoms with van der Waals surface area (Å²) in [6.07, 6.45) is 0.0124. The fourth-order valence-electron chi connectivity index (χ4n) is 0.938. The van der Waals surface area contributed by atoms with Gasteiger partial charge < -0.3 is 10.0 Å². The largest absolute Gasteiger partial charge is 0.481 e. The molecular formula is C7H16N2O4S. The van der Waals surface area contributed by atoms with Gasteiger partial charge in [0, 0.05) is 13.1 Å². The summed E-state index contributed by atoms with van der Waals surface area (Å²) >= 11 is 0. The number of primary sulfonamides is 1. The SMILES string of the molecule is CCN(CCC(=O)O)CCS(N)(=O)=O. The first-order chi connectivity index (χ1) is 6.35. The molecule has 84 valence electrons. The van der Waals surface area contributed by atoms with Crippen molar-refractivity contribution in [3.63, 3.8) is 0 Å². The van der Waals surface area contributed by atoms with E-state index in [1.54, 1.807) is 4.90 Å². The Balaban J connectivity index is 3.86. The molecule has 0 atom stereocenters. The van der Waals surface area contributed by atoms with E-state index in [0.29, 0.717) is 13.1 Å². The summed E-state index contributed by atoms with van der Waals surface area (Å²) in [6.45, 7) is 3.08. The van der Waals surface area contributed by atoms with Crippen molar-refractivity contribution < 1.29 is 18.3 Å². The van der Waals surface area contributed by atoms with Crippen LogP contribution in [-0.4, -0.2) is 49.8 Å². The van der Waals surface area contributed by atoms with Crippen LogP contribution in [0.1, 0.15) is 13.3 Å². The molecule has 0 rings (SSSR count). The second kappa shape index (κ2) is 5.94. The molecule has 0 spiro atoms. The van der Waals surface area contributed by atoms with E-state index in [-0.39, 0.29) is 18.7 Å². The highest BCUT2D eigenvalue weighted by molar-refractivity contribution is 7.89. The standard InChI is InChI=1S/C7H16N2O4S/c1-2-9(4-3-7(10)11)5-6-14(8,12)13/h2-6H2,1H3,(H,10,11)(H2,8,12,13). The lowest BCUT2D eigenvalue weighted by molar-refractivity contribution is -0.137. The maximum absolute atomic E-state index is 10.6. The van der Waals surface area contributed by atoms with Crippen LogP contribution >= 0.6 is 0 Å². The van der Waals surface area contributed by atoms with Crippen molar-refractivity contribution in [3.8, 4) is 0 Å². The average Bonchev–Trinajstić information content (AvgIpc) is 2.02. The Labute approximate surface area is 83.7 Å². The molecule has 3 N–H and O–H groups in total. The van der Waals surface area contributed by atoms with Crippen molar-refractivity contribution in [1.82, 2.24) is 4.90 Å². The van der Waals surface area contributed by atoms with Crippen molar-refractivity contribution in [3.05, 3.63) is 0 Å². The van der Waals surface area contributed by atoms with Gasteiger partial charge in [-0.25, -0.2) is 13.6 Å². The second-order valence-corrected chi connectivity index (χ2v) is 4.68. The van der Waals surface area contributed by atoms with E-state index in [9.17, 15) is 13.2 Å². The number of nitrogens with two attached hydrogens (primary N) is 1. The quantitative estimate of drug-likeness (QED) is 0.582. The third-order valence-corrected chi connectivity index (χ3v) is 2.53. The van der Waals surface area contributed by atoms with Gasteiger partial charge in [0.05, 0.1) is 12.2 Å². The minimum Gasteiger partial charge on any atom is -0.481 e. The van der Waals surface area contributed by atoms with Gasteiger partial charge in [0.15, 0.2) is 0 Å². The maximum Gasteiger partial charge on any atom is 0.304 e. The van der Waals surface area contributed by atoms with Crippen LogP contribution in [0.3, 0.4) is 0 Å². The van der Waals surface area contributed by atoms with Crippen LogP contribution in [0.4, 0.5) is 0 Å². The minimum absolute atomic E-state index is 0.0124. The zero-order chi connectivity index (χ0) is 11.2. The summed E-state index contributed by atoms with van der Waals surface area (Å²) in [5.74, 6) is -1.03. The zero-order valence-electron chi connectivity index (χ0n) is 8.14. The molecule has 0 aliphatic rings. The lowest BCUT2D eigenvalue weighted by Crippen LogP contribution is -2.33. The van der Waals surface area contributed by atoms with E-state index in [1.165, 1.54) is 0 Å². The third kappa shape index (κ3) is 7.96. The van der Waals surface area contributed by atoms with Gasteiger partial charge in [-0.15, -0.1) is 0 Å². The molecule has 14 heavy (non-hydrogen) atoms. The summed E-state index contributed by atoms with van der Waals surface area (Å²) < 4.78 is 21.2. The number of carbonyl (C=O) groups is 1. The normalized spacial score (nSPS) is 11.9. The van der Waals surface area contributed by atoms with Gasteiger partial charge >= 0.3 is 5.97 Å². The van der Waals surface area contributed by atoms with Crippen LogP contribution in [0, 0.1) is 0 Å². The monoisotopic (exact) mass is 224 g/mol. The van der Waals surface area contributed by atoms with E-state index in [2.05, 4.69) is 0 Å². The maximum atomic E-state index is 10.6. The Bertz CT molecular complexity index is 275. The zero-order valence-corrected chi connectivity index (χ0v) is 8.96. The van der Waals surface area contributed by atoms with Gasteiger partial charge in [0.2, 0.25) is 10.0 Å². The first kappa shape index (κ1) is 13.3. The molecule has 0 saturated heterocycles. The van der Waals surface area contributed by atoms with Crippen LogP contribution in [0.25, 0.3) is 0 Å². The molecule has 0 aliphatic carbocycles. The molecule has 0 aromatic carbocycles. The molecule has 0 bridgehead atoms. The summed E-state index contributed by atoms with van der Waals surface area (Å²) in [7, 11) is -3.46. The number of sulfonamides is 1. The highest BCUT2D eigenvalue weighted by Crippen LogP contribution is 1.92. The van der Waals surface area contributed by atoms with Crippen molar-refractivity contribution in [1.29, 1.82) is 0 Å². The predicted octanol–water partition coefficient (Wildman–Crippen LogP) is -0.928. The lowest BCUT2D eigenvalue weighted by atomic mass is 10.4. The van der Waals surface area contributed by atoms with E-state index < -0.39 is 16.0 Å². The fourth-order valence-corrected chi connectivity index (χ4v) is 1.45. The molecule has 0 aromatic heterocycles. The summed E-state index contributed by atoms with van der Waals surface area (Å²) in [6, 6.07) is 0. The van der Waals surface area contributed by atoms with Gasteiger partial charge in [-0.05, 0) is 6.54 Å². The molecule has 0 unspecified atom stereocenters. The Morgan fingerprint density at radius 3 is 2.36 bits per heavy atom. The molecule has 0 amide bonds. The molecule has 0 fully saturated rings. The lowest BCUT2D eigenvalue weighted by Gasteiger charge is -2.18. The van der Waals surface area contributed by atoms with Crippen LogP contribution in [-0.2, 0) is 14.8 Å². The summed E-state index contributed by atoms with van der Waals surface area (Å²) in [4.78, 5) is 12.0. The van der Waals surface area contributed by atoms with Crippen molar-refractivity contribution in [2.24, 2.45) is 5.14 Å². The number of hydrogen-bond acceptors (Lipinski definition) is 4. The van der Waals surface area contributed by atoms with Crippen molar-refractivity contribution >= 4 is 16.0 Å². The Hall–Kier alpha value is -0.660. The van der Waals surface area contributed by atoms with Crippen LogP contribution < -0.4 is 5.14 Å².